The second-order valence-corrected chi connectivity index (χ2v) is 4.78. The summed E-state index contributed by atoms with van der Waals surface area (Å²) in [6.07, 6.45) is 3.77. The van der Waals surface area contributed by atoms with Crippen LogP contribution in [0.25, 0.3) is 0 Å². The van der Waals surface area contributed by atoms with Crippen LogP contribution in [-0.2, 0) is 0 Å². The van der Waals surface area contributed by atoms with Gasteiger partial charge in [0.1, 0.15) is 17.7 Å². The lowest BCUT2D eigenvalue weighted by molar-refractivity contribution is 0.0103. The molecule has 3 rings (SSSR count). The Labute approximate surface area is 94.0 Å². The van der Waals surface area contributed by atoms with Gasteiger partial charge in [-0.1, -0.05) is 6.42 Å². The van der Waals surface area contributed by atoms with E-state index in [4.69, 9.17) is 4.74 Å². The zero-order chi connectivity index (χ0) is 11.1. The van der Waals surface area contributed by atoms with E-state index in [1.807, 2.05) is 0 Å². The highest BCUT2D eigenvalue weighted by molar-refractivity contribution is 5.37. The Morgan fingerprint density at radius 1 is 1.31 bits per heavy atom. The van der Waals surface area contributed by atoms with Gasteiger partial charge in [0.25, 0.3) is 0 Å². The van der Waals surface area contributed by atoms with Crippen LogP contribution in [-0.4, -0.2) is 11.2 Å². The molecule has 2 nitrogen and oxygen atoms in total. The van der Waals surface area contributed by atoms with Crippen molar-refractivity contribution < 1.29 is 14.2 Å². The second-order valence-electron chi connectivity index (χ2n) is 4.78. The minimum atomic E-state index is -0.579. The molecule has 1 aliphatic carbocycles. The van der Waals surface area contributed by atoms with Crippen LogP contribution < -0.4 is 4.74 Å². The number of fused-ring (bicyclic) bond motifs is 1. The molecule has 2 aliphatic rings. The topological polar surface area (TPSA) is 29.5 Å². The van der Waals surface area contributed by atoms with Gasteiger partial charge in [0.15, 0.2) is 0 Å². The first-order valence-electron chi connectivity index (χ1n) is 5.88. The van der Waals surface area contributed by atoms with Crippen molar-refractivity contribution in [1.82, 2.24) is 0 Å². The summed E-state index contributed by atoms with van der Waals surface area (Å²) in [4.78, 5) is 0. The summed E-state index contributed by atoms with van der Waals surface area (Å²) in [5.41, 5.74) is 0.593. The van der Waals surface area contributed by atoms with Crippen molar-refractivity contribution in [1.29, 1.82) is 0 Å². The number of rotatable bonds is 1. The number of aliphatic hydroxyl groups excluding tert-OH is 1. The van der Waals surface area contributed by atoms with E-state index in [1.165, 1.54) is 31.4 Å². The fourth-order valence-electron chi connectivity index (χ4n) is 2.55. The molecule has 1 saturated carbocycles. The molecule has 1 N–H and O–H groups in total. The maximum absolute atomic E-state index is 13.0. The monoisotopic (exact) mass is 222 g/mol. The van der Waals surface area contributed by atoms with Crippen molar-refractivity contribution in [2.75, 3.05) is 0 Å². The van der Waals surface area contributed by atoms with Gasteiger partial charge in [-0.15, -0.1) is 0 Å². The van der Waals surface area contributed by atoms with E-state index in [1.54, 1.807) is 6.07 Å². The Balaban J connectivity index is 1.87. The molecule has 1 fully saturated rings. The molecule has 0 radical (unpaired) electrons. The summed E-state index contributed by atoms with van der Waals surface area (Å²) in [6.45, 7) is 0. The molecular formula is C13H15FO2. The molecule has 0 bridgehead atoms. The lowest BCUT2D eigenvalue weighted by Gasteiger charge is -2.38. The number of halogens is 1. The Morgan fingerprint density at radius 2 is 2.12 bits per heavy atom. The minimum Gasteiger partial charge on any atom is -0.490 e. The van der Waals surface area contributed by atoms with Crippen LogP contribution >= 0.6 is 0 Å². The predicted molar refractivity (Wildman–Crippen MR) is 57.7 cm³/mol. The average molecular weight is 222 g/mol. The van der Waals surface area contributed by atoms with Crippen molar-refractivity contribution in [2.24, 2.45) is 5.92 Å². The van der Waals surface area contributed by atoms with Gasteiger partial charge in [0.05, 0.1) is 6.10 Å². The van der Waals surface area contributed by atoms with Crippen LogP contribution in [0.5, 0.6) is 5.75 Å². The number of hydrogen-bond donors (Lipinski definition) is 1. The zero-order valence-corrected chi connectivity index (χ0v) is 9.03. The first-order valence-corrected chi connectivity index (χ1v) is 5.88. The molecule has 2 atom stereocenters. The molecule has 0 aromatic heterocycles. The predicted octanol–water partition coefficient (Wildman–Crippen LogP) is 2.81. The standard InChI is InChI=1S/C13H15FO2/c14-9-4-5-12-10(6-9)11(15)7-13(16-12)8-2-1-3-8/h4-6,8,11,13,15H,1-3,7H2. The summed E-state index contributed by atoms with van der Waals surface area (Å²) in [5.74, 6) is 0.911. The van der Waals surface area contributed by atoms with Gasteiger partial charge in [0.2, 0.25) is 0 Å². The van der Waals surface area contributed by atoms with Crippen LogP contribution in [0, 0.1) is 11.7 Å². The van der Waals surface area contributed by atoms with E-state index in [2.05, 4.69) is 0 Å². The van der Waals surface area contributed by atoms with Crippen molar-refractivity contribution in [3.8, 4) is 5.75 Å². The Bertz CT molecular complexity index is 401. The van der Waals surface area contributed by atoms with E-state index in [-0.39, 0.29) is 11.9 Å². The molecule has 86 valence electrons. The number of benzene rings is 1. The maximum Gasteiger partial charge on any atom is 0.125 e. The lowest BCUT2D eigenvalue weighted by atomic mass is 9.78. The highest BCUT2D eigenvalue weighted by Crippen LogP contribution is 2.42. The number of hydrogen-bond acceptors (Lipinski definition) is 2. The quantitative estimate of drug-likeness (QED) is 0.791. The highest BCUT2D eigenvalue weighted by Gasteiger charge is 2.35. The SMILES string of the molecule is OC1CC(C2CCC2)Oc2ccc(F)cc21. The molecule has 1 heterocycles. The van der Waals surface area contributed by atoms with Gasteiger partial charge in [-0.3, -0.25) is 0 Å². The van der Waals surface area contributed by atoms with E-state index in [9.17, 15) is 9.50 Å². The van der Waals surface area contributed by atoms with E-state index in [0.717, 1.165) is 0 Å². The van der Waals surface area contributed by atoms with E-state index >= 15 is 0 Å². The van der Waals surface area contributed by atoms with Crippen LogP contribution in [0.15, 0.2) is 18.2 Å². The summed E-state index contributed by atoms with van der Waals surface area (Å²) < 4.78 is 18.9. The third-order valence-electron chi connectivity index (χ3n) is 3.74. The number of aliphatic hydroxyl groups is 1. The molecule has 16 heavy (non-hydrogen) atoms. The highest BCUT2D eigenvalue weighted by atomic mass is 19.1. The molecular weight excluding hydrogens is 207 g/mol. The Kier molecular flexibility index (Phi) is 2.36. The van der Waals surface area contributed by atoms with E-state index < -0.39 is 6.10 Å². The number of ether oxygens (including phenoxy) is 1. The van der Waals surface area contributed by atoms with Crippen molar-refractivity contribution in [3.63, 3.8) is 0 Å². The first kappa shape index (κ1) is 10.1. The third kappa shape index (κ3) is 1.59. The fraction of sp³-hybridized carbons (Fsp3) is 0.538. The van der Waals surface area contributed by atoms with Crippen molar-refractivity contribution in [2.45, 2.75) is 37.9 Å². The van der Waals surface area contributed by atoms with Crippen molar-refractivity contribution >= 4 is 0 Å². The van der Waals surface area contributed by atoms with Gasteiger partial charge in [0, 0.05) is 12.0 Å². The van der Waals surface area contributed by atoms with Gasteiger partial charge in [-0.25, -0.2) is 4.39 Å². The van der Waals surface area contributed by atoms with Gasteiger partial charge in [-0.2, -0.15) is 0 Å². The Morgan fingerprint density at radius 3 is 2.81 bits per heavy atom. The first-order chi connectivity index (χ1) is 7.74. The van der Waals surface area contributed by atoms with Crippen molar-refractivity contribution in [3.05, 3.63) is 29.6 Å². The normalized spacial score (nSPS) is 29.1. The second kappa shape index (κ2) is 3.74. The molecule has 1 aromatic rings. The van der Waals surface area contributed by atoms with Gasteiger partial charge < -0.3 is 9.84 Å². The van der Waals surface area contributed by atoms with Gasteiger partial charge in [-0.05, 0) is 37.0 Å². The minimum absolute atomic E-state index is 0.113. The van der Waals surface area contributed by atoms with Crippen LogP contribution in [0.2, 0.25) is 0 Å². The van der Waals surface area contributed by atoms with Crippen LogP contribution in [0.1, 0.15) is 37.4 Å². The summed E-state index contributed by atoms with van der Waals surface area (Å²) in [7, 11) is 0. The zero-order valence-electron chi connectivity index (χ0n) is 9.03. The van der Waals surface area contributed by atoms with E-state index in [0.29, 0.717) is 23.7 Å². The van der Waals surface area contributed by atoms with Crippen LogP contribution in [0.4, 0.5) is 4.39 Å². The molecule has 1 aliphatic heterocycles. The summed E-state index contributed by atoms with van der Waals surface area (Å²) in [6, 6.07) is 4.38. The average Bonchev–Trinajstić information content (AvgIpc) is 2.17. The smallest absolute Gasteiger partial charge is 0.125 e. The Hall–Kier alpha value is -1.09. The summed E-state index contributed by atoms with van der Waals surface area (Å²) in [5, 5.41) is 9.98. The molecule has 2 unspecified atom stereocenters. The lowest BCUT2D eigenvalue weighted by Crippen LogP contribution is -2.36. The van der Waals surface area contributed by atoms with Crippen LogP contribution in [0.3, 0.4) is 0 Å². The molecule has 3 heteroatoms. The fourth-order valence-corrected chi connectivity index (χ4v) is 2.55. The maximum atomic E-state index is 13.0. The molecule has 0 amide bonds. The molecule has 0 spiro atoms. The molecule has 1 aromatic carbocycles. The summed E-state index contributed by atoms with van der Waals surface area (Å²) >= 11 is 0. The largest absolute Gasteiger partial charge is 0.490 e. The molecule has 0 saturated heterocycles. The van der Waals surface area contributed by atoms with Gasteiger partial charge >= 0.3 is 0 Å². The third-order valence-corrected chi connectivity index (χ3v) is 3.74.